The average molecular weight is 247 g/mol. The highest BCUT2D eigenvalue weighted by Gasteiger charge is 2.10. The maximum atomic E-state index is 6.21. The Kier molecular flexibility index (Phi) is 3.46. The van der Waals surface area contributed by atoms with Gasteiger partial charge in [-0.05, 0) is 42.2 Å². The van der Waals surface area contributed by atoms with Gasteiger partial charge in [-0.25, -0.2) is 0 Å². The van der Waals surface area contributed by atoms with E-state index in [1.165, 1.54) is 0 Å². The summed E-state index contributed by atoms with van der Waals surface area (Å²) >= 11 is 6.11. The van der Waals surface area contributed by atoms with Gasteiger partial charge < -0.3 is 5.73 Å². The minimum absolute atomic E-state index is 0.180. The highest BCUT2D eigenvalue weighted by Crippen LogP contribution is 2.24. The minimum atomic E-state index is -0.180. The second-order valence-electron chi connectivity index (χ2n) is 4.28. The first-order valence-corrected chi connectivity index (χ1v) is 5.89. The van der Waals surface area contributed by atoms with Gasteiger partial charge in [-0.2, -0.15) is 0 Å². The van der Waals surface area contributed by atoms with Crippen LogP contribution in [-0.4, -0.2) is 4.98 Å². The molecule has 0 saturated carbocycles. The molecule has 0 radical (unpaired) electrons. The number of aryl methyl sites for hydroxylation is 2. The maximum absolute atomic E-state index is 6.21. The molecule has 0 amide bonds. The molecular weight excluding hydrogens is 232 g/mol. The van der Waals surface area contributed by atoms with Crippen molar-refractivity contribution >= 4 is 11.6 Å². The number of halogens is 1. The van der Waals surface area contributed by atoms with E-state index in [1.54, 1.807) is 6.20 Å². The largest absolute Gasteiger partial charge is 0.320 e. The predicted octanol–water partition coefficient (Wildman–Crippen LogP) is 3.40. The van der Waals surface area contributed by atoms with Crippen molar-refractivity contribution in [3.05, 3.63) is 63.9 Å². The van der Waals surface area contributed by atoms with E-state index in [4.69, 9.17) is 17.3 Å². The molecule has 0 saturated heterocycles. The molecule has 0 spiro atoms. The molecule has 1 heterocycles. The number of rotatable bonds is 2. The summed E-state index contributed by atoms with van der Waals surface area (Å²) < 4.78 is 0. The van der Waals surface area contributed by atoms with E-state index in [0.29, 0.717) is 0 Å². The van der Waals surface area contributed by atoms with Gasteiger partial charge in [0, 0.05) is 17.4 Å². The Hall–Kier alpha value is -1.38. The molecule has 2 aromatic rings. The number of pyridine rings is 1. The molecule has 1 unspecified atom stereocenters. The highest BCUT2D eigenvalue weighted by molar-refractivity contribution is 6.31. The quantitative estimate of drug-likeness (QED) is 0.882. The highest BCUT2D eigenvalue weighted by atomic mass is 35.5. The average Bonchev–Trinajstić information content (AvgIpc) is 2.32. The summed E-state index contributed by atoms with van der Waals surface area (Å²) in [5, 5.41) is 0.749. The van der Waals surface area contributed by atoms with Gasteiger partial charge in [-0.3, -0.25) is 4.98 Å². The summed E-state index contributed by atoms with van der Waals surface area (Å²) in [5.74, 6) is 0. The maximum Gasteiger partial charge on any atom is 0.0567 e. The lowest BCUT2D eigenvalue weighted by Crippen LogP contribution is -2.12. The molecule has 0 aliphatic heterocycles. The van der Waals surface area contributed by atoms with Gasteiger partial charge in [0.2, 0.25) is 0 Å². The molecule has 2 nitrogen and oxygen atoms in total. The zero-order chi connectivity index (χ0) is 12.4. The Bertz CT molecular complexity index is 537. The van der Waals surface area contributed by atoms with Gasteiger partial charge in [-0.1, -0.05) is 29.8 Å². The van der Waals surface area contributed by atoms with Crippen LogP contribution >= 0.6 is 11.6 Å². The molecule has 0 aliphatic rings. The van der Waals surface area contributed by atoms with Crippen molar-refractivity contribution in [2.75, 3.05) is 0 Å². The zero-order valence-electron chi connectivity index (χ0n) is 9.94. The van der Waals surface area contributed by atoms with Gasteiger partial charge >= 0.3 is 0 Å². The van der Waals surface area contributed by atoms with Crippen molar-refractivity contribution in [2.24, 2.45) is 5.73 Å². The number of aromatic nitrogens is 1. The second-order valence-corrected chi connectivity index (χ2v) is 4.69. The Morgan fingerprint density at radius 2 is 1.88 bits per heavy atom. The smallest absolute Gasteiger partial charge is 0.0567 e. The van der Waals surface area contributed by atoms with E-state index in [-0.39, 0.29) is 6.04 Å². The lowest BCUT2D eigenvalue weighted by atomic mass is 9.99. The number of benzene rings is 1. The fourth-order valence-corrected chi connectivity index (χ4v) is 1.93. The molecule has 17 heavy (non-hydrogen) atoms. The van der Waals surface area contributed by atoms with Gasteiger partial charge in [0.15, 0.2) is 0 Å². The topological polar surface area (TPSA) is 38.9 Å². The first kappa shape index (κ1) is 12.1. The minimum Gasteiger partial charge on any atom is -0.320 e. The number of nitrogens with zero attached hydrogens (tertiary/aromatic N) is 1. The van der Waals surface area contributed by atoms with Crippen LogP contribution in [0.1, 0.15) is 28.3 Å². The summed E-state index contributed by atoms with van der Waals surface area (Å²) in [5.41, 5.74) is 10.4. The van der Waals surface area contributed by atoms with Crippen LogP contribution in [0.25, 0.3) is 0 Å². The summed E-state index contributed by atoms with van der Waals surface area (Å²) in [6, 6.07) is 7.78. The first-order chi connectivity index (χ1) is 8.08. The Morgan fingerprint density at radius 3 is 2.53 bits per heavy atom. The van der Waals surface area contributed by atoms with Crippen molar-refractivity contribution < 1.29 is 0 Å². The fraction of sp³-hybridized carbons (Fsp3) is 0.214. The molecule has 1 aromatic carbocycles. The third-order valence-electron chi connectivity index (χ3n) is 2.81. The van der Waals surface area contributed by atoms with Crippen LogP contribution < -0.4 is 5.73 Å². The van der Waals surface area contributed by atoms with E-state index in [1.807, 2.05) is 44.3 Å². The van der Waals surface area contributed by atoms with Crippen LogP contribution in [-0.2, 0) is 0 Å². The van der Waals surface area contributed by atoms with Crippen LogP contribution in [0.5, 0.6) is 0 Å². The summed E-state index contributed by atoms with van der Waals surface area (Å²) in [4.78, 5) is 4.16. The van der Waals surface area contributed by atoms with E-state index < -0.39 is 0 Å². The standard InChI is InChI=1S/C14H15ClN2/c1-9-5-12(8-17-7-9)14(16)11-4-3-10(2)13(15)6-11/h3-8,14H,16H2,1-2H3. The third-order valence-corrected chi connectivity index (χ3v) is 3.22. The van der Waals surface area contributed by atoms with Crippen LogP contribution in [0.15, 0.2) is 36.7 Å². The molecule has 0 bridgehead atoms. The van der Waals surface area contributed by atoms with Gasteiger partial charge in [0.1, 0.15) is 0 Å². The summed E-state index contributed by atoms with van der Waals surface area (Å²) in [6.07, 6.45) is 3.61. The first-order valence-electron chi connectivity index (χ1n) is 5.51. The van der Waals surface area contributed by atoms with E-state index in [9.17, 15) is 0 Å². The molecule has 2 rings (SSSR count). The molecule has 1 atom stereocenters. The van der Waals surface area contributed by atoms with Crippen molar-refractivity contribution in [1.29, 1.82) is 0 Å². The normalized spacial score (nSPS) is 12.5. The van der Waals surface area contributed by atoms with Gasteiger partial charge in [-0.15, -0.1) is 0 Å². The van der Waals surface area contributed by atoms with Gasteiger partial charge in [0.25, 0.3) is 0 Å². The van der Waals surface area contributed by atoms with Crippen LogP contribution in [0.3, 0.4) is 0 Å². The van der Waals surface area contributed by atoms with E-state index in [2.05, 4.69) is 4.98 Å². The zero-order valence-corrected chi connectivity index (χ0v) is 10.7. The summed E-state index contributed by atoms with van der Waals surface area (Å²) in [6.45, 7) is 3.98. The SMILES string of the molecule is Cc1cncc(C(N)c2ccc(C)c(Cl)c2)c1. The van der Waals surface area contributed by atoms with Crippen molar-refractivity contribution in [1.82, 2.24) is 4.98 Å². The Balaban J connectivity index is 2.36. The van der Waals surface area contributed by atoms with Crippen LogP contribution in [0, 0.1) is 13.8 Å². The lowest BCUT2D eigenvalue weighted by Gasteiger charge is -2.13. The Morgan fingerprint density at radius 1 is 1.12 bits per heavy atom. The molecule has 2 N–H and O–H groups in total. The summed E-state index contributed by atoms with van der Waals surface area (Å²) in [7, 11) is 0. The second kappa shape index (κ2) is 4.86. The molecule has 0 aliphatic carbocycles. The molecule has 3 heteroatoms. The third kappa shape index (κ3) is 2.65. The fourth-order valence-electron chi connectivity index (χ4n) is 1.74. The number of hydrogen-bond donors (Lipinski definition) is 1. The molecule has 88 valence electrons. The predicted molar refractivity (Wildman–Crippen MR) is 71.2 cm³/mol. The number of hydrogen-bond acceptors (Lipinski definition) is 2. The van der Waals surface area contributed by atoms with Crippen LogP contribution in [0.2, 0.25) is 5.02 Å². The molecule has 1 aromatic heterocycles. The molecular formula is C14H15ClN2. The van der Waals surface area contributed by atoms with Crippen molar-refractivity contribution in [2.45, 2.75) is 19.9 Å². The monoisotopic (exact) mass is 246 g/mol. The Labute approximate surface area is 106 Å². The van der Waals surface area contributed by atoms with E-state index >= 15 is 0 Å². The van der Waals surface area contributed by atoms with Gasteiger partial charge in [0.05, 0.1) is 6.04 Å². The lowest BCUT2D eigenvalue weighted by molar-refractivity contribution is 0.860. The van der Waals surface area contributed by atoms with E-state index in [0.717, 1.165) is 27.3 Å². The molecule has 0 fully saturated rings. The van der Waals surface area contributed by atoms with Crippen molar-refractivity contribution in [3.63, 3.8) is 0 Å². The van der Waals surface area contributed by atoms with Crippen molar-refractivity contribution in [3.8, 4) is 0 Å². The van der Waals surface area contributed by atoms with Crippen LogP contribution in [0.4, 0.5) is 0 Å². The number of nitrogens with two attached hydrogens (primary N) is 1.